The van der Waals surface area contributed by atoms with Crippen LogP contribution in [0.5, 0.6) is 11.5 Å². The Morgan fingerprint density at radius 2 is 2.00 bits per heavy atom. The SMILES string of the molecule is C=C(C)[C@]1(C)CCC(C)=CC1c1c(O)cc(CCCCC)c(C(=O)O)c1O. The van der Waals surface area contributed by atoms with Crippen LogP contribution in [0.3, 0.4) is 0 Å². The standard InChI is InChI=1S/C23H32O4/c1-6-7-8-9-16-13-18(24)20(21(25)19(16)22(26)27)17-12-15(4)10-11-23(17,5)14(2)3/h12-13,17,24-25H,2,6-11H2,1,3-5H3,(H,26,27)/t17?,23-/m0/s1. The lowest BCUT2D eigenvalue weighted by Gasteiger charge is -2.41. The summed E-state index contributed by atoms with van der Waals surface area (Å²) in [4.78, 5) is 11.9. The maximum absolute atomic E-state index is 11.9. The van der Waals surface area contributed by atoms with Gasteiger partial charge in [0, 0.05) is 11.5 Å². The molecule has 2 rings (SSSR count). The maximum atomic E-state index is 11.9. The van der Waals surface area contributed by atoms with E-state index in [0.29, 0.717) is 17.5 Å². The van der Waals surface area contributed by atoms with E-state index in [2.05, 4.69) is 20.4 Å². The van der Waals surface area contributed by atoms with Gasteiger partial charge in [-0.1, -0.05) is 50.5 Å². The van der Waals surface area contributed by atoms with Gasteiger partial charge in [0.15, 0.2) is 0 Å². The molecule has 0 amide bonds. The molecule has 1 aromatic rings. The van der Waals surface area contributed by atoms with Crippen LogP contribution in [0.1, 0.15) is 87.2 Å². The van der Waals surface area contributed by atoms with E-state index in [4.69, 9.17) is 0 Å². The molecule has 0 radical (unpaired) electrons. The number of aryl methyl sites for hydroxylation is 1. The minimum atomic E-state index is -1.16. The van der Waals surface area contributed by atoms with E-state index in [9.17, 15) is 20.1 Å². The third-order valence-corrected chi connectivity index (χ3v) is 6.13. The Bertz CT molecular complexity index is 775. The minimum absolute atomic E-state index is 0.0348. The van der Waals surface area contributed by atoms with Crippen molar-refractivity contribution in [2.45, 2.75) is 72.1 Å². The van der Waals surface area contributed by atoms with Crippen molar-refractivity contribution < 1.29 is 20.1 Å². The van der Waals surface area contributed by atoms with Gasteiger partial charge in [0.2, 0.25) is 0 Å². The van der Waals surface area contributed by atoms with E-state index in [0.717, 1.165) is 37.7 Å². The smallest absolute Gasteiger partial charge is 0.339 e. The van der Waals surface area contributed by atoms with Crippen molar-refractivity contribution in [2.24, 2.45) is 5.41 Å². The zero-order valence-electron chi connectivity index (χ0n) is 16.9. The number of unbranched alkanes of at least 4 members (excludes halogenated alkanes) is 2. The Morgan fingerprint density at radius 1 is 1.33 bits per heavy atom. The van der Waals surface area contributed by atoms with E-state index in [1.54, 1.807) is 0 Å². The molecule has 0 bridgehead atoms. The molecular weight excluding hydrogens is 340 g/mol. The van der Waals surface area contributed by atoms with Crippen LogP contribution in [0.25, 0.3) is 0 Å². The first-order valence-corrected chi connectivity index (χ1v) is 9.77. The first-order chi connectivity index (χ1) is 12.6. The summed E-state index contributed by atoms with van der Waals surface area (Å²) in [6, 6.07) is 1.53. The second kappa shape index (κ2) is 8.20. The van der Waals surface area contributed by atoms with Gasteiger partial charge in [0.25, 0.3) is 0 Å². The Balaban J connectivity index is 2.65. The molecule has 1 unspecified atom stereocenters. The molecule has 0 aromatic heterocycles. The van der Waals surface area contributed by atoms with Gasteiger partial charge in [-0.05, 0) is 56.6 Å². The number of carboxylic acids is 1. The van der Waals surface area contributed by atoms with Crippen LogP contribution in [0.2, 0.25) is 0 Å². The molecule has 0 fully saturated rings. The number of hydrogen-bond acceptors (Lipinski definition) is 3. The first-order valence-electron chi connectivity index (χ1n) is 9.77. The van der Waals surface area contributed by atoms with Crippen LogP contribution in [-0.2, 0) is 6.42 Å². The second-order valence-electron chi connectivity index (χ2n) is 8.14. The summed E-state index contributed by atoms with van der Waals surface area (Å²) in [5, 5.41) is 31.4. The molecule has 148 valence electrons. The van der Waals surface area contributed by atoms with Gasteiger partial charge < -0.3 is 15.3 Å². The Kier molecular flexibility index (Phi) is 6.40. The molecular formula is C23H32O4. The summed E-state index contributed by atoms with van der Waals surface area (Å²) >= 11 is 0. The van der Waals surface area contributed by atoms with Gasteiger partial charge in [0.05, 0.1) is 0 Å². The average Bonchev–Trinajstić information content (AvgIpc) is 2.57. The molecule has 0 heterocycles. The summed E-state index contributed by atoms with van der Waals surface area (Å²) in [5.74, 6) is -1.81. The lowest BCUT2D eigenvalue weighted by molar-refractivity contribution is 0.0692. The molecule has 1 aliphatic carbocycles. The maximum Gasteiger partial charge on any atom is 0.339 e. The van der Waals surface area contributed by atoms with Crippen molar-refractivity contribution in [2.75, 3.05) is 0 Å². The van der Waals surface area contributed by atoms with Gasteiger partial charge in [-0.2, -0.15) is 0 Å². The molecule has 2 atom stereocenters. The van der Waals surface area contributed by atoms with Crippen molar-refractivity contribution in [3.63, 3.8) is 0 Å². The number of benzene rings is 1. The molecule has 27 heavy (non-hydrogen) atoms. The highest BCUT2D eigenvalue weighted by Gasteiger charge is 2.41. The number of phenols is 2. The van der Waals surface area contributed by atoms with E-state index in [1.165, 1.54) is 11.6 Å². The number of allylic oxidation sites excluding steroid dienone is 3. The van der Waals surface area contributed by atoms with Crippen LogP contribution in [-0.4, -0.2) is 21.3 Å². The van der Waals surface area contributed by atoms with Gasteiger partial charge in [-0.3, -0.25) is 0 Å². The highest BCUT2D eigenvalue weighted by Crippen LogP contribution is 2.54. The van der Waals surface area contributed by atoms with Crippen molar-refractivity contribution in [1.82, 2.24) is 0 Å². The van der Waals surface area contributed by atoms with E-state index in [1.807, 2.05) is 19.9 Å². The number of carbonyl (C=O) groups is 1. The van der Waals surface area contributed by atoms with Crippen LogP contribution in [0.4, 0.5) is 0 Å². The topological polar surface area (TPSA) is 77.8 Å². The molecule has 0 saturated heterocycles. The number of rotatable bonds is 7. The highest BCUT2D eigenvalue weighted by atomic mass is 16.4. The lowest BCUT2D eigenvalue weighted by Crippen LogP contribution is -2.29. The number of hydrogen-bond donors (Lipinski definition) is 3. The van der Waals surface area contributed by atoms with Crippen LogP contribution < -0.4 is 0 Å². The predicted molar refractivity (Wildman–Crippen MR) is 109 cm³/mol. The summed E-state index contributed by atoms with van der Waals surface area (Å²) in [6.45, 7) is 12.2. The molecule has 0 spiro atoms. The zero-order valence-corrected chi connectivity index (χ0v) is 16.9. The van der Waals surface area contributed by atoms with Crippen molar-refractivity contribution >= 4 is 5.97 Å². The fourth-order valence-electron chi connectivity index (χ4n) is 4.08. The number of phenolic OH excluding ortho intramolecular Hbond substituents is 1. The van der Waals surface area contributed by atoms with Gasteiger partial charge in [0.1, 0.15) is 17.1 Å². The number of carboxylic acid groups (broad SMARTS) is 1. The molecule has 4 nitrogen and oxygen atoms in total. The largest absolute Gasteiger partial charge is 0.507 e. The first kappa shape index (κ1) is 21.1. The van der Waals surface area contributed by atoms with Crippen LogP contribution >= 0.6 is 0 Å². The molecule has 3 N–H and O–H groups in total. The lowest BCUT2D eigenvalue weighted by atomic mass is 9.62. The summed E-state index contributed by atoms with van der Waals surface area (Å²) in [7, 11) is 0. The van der Waals surface area contributed by atoms with Gasteiger partial charge >= 0.3 is 5.97 Å². The quantitative estimate of drug-likeness (QED) is 0.409. The van der Waals surface area contributed by atoms with Crippen molar-refractivity contribution in [1.29, 1.82) is 0 Å². The summed E-state index contributed by atoms with van der Waals surface area (Å²) < 4.78 is 0. The molecule has 0 saturated carbocycles. The van der Waals surface area contributed by atoms with Crippen LogP contribution in [0, 0.1) is 5.41 Å². The predicted octanol–water partition coefficient (Wildman–Crippen LogP) is 5.93. The van der Waals surface area contributed by atoms with E-state index < -0.39 is 5.97 Å². The Labute approximate surface area is 162 Å². The normalized spacial score (nSPS) is 22.4. The van der Waals surface area contributed by atoms with Crippen molar-refractivity contribution in [3.8, 4) is 11.5 Å². The second-order valence-corrected chi connectivity index (χ2v) is 8.14. The third-order valence-electron chi connectivity index (χ3n) is 6.13. The molecule has 1 aromatic carbocycles. The summed E-state index contributed by atoms with van der Waals surface area (Å²) in [5.41, 5.74) is 2.48. The minimum Gasteiger partial charge on any atom is -0.507 e. The monoisotopic (exact) mass is 372 g/mol. The Morgan fingerprint density at radius 3 is 2.56 bits per heavy atom. The number of aromatic hydroxyl groups is 2. The fraction of sp³-hybridized carbons (Fsp3) is 0.522. The fourth-order valence-corrected chi connectivity index (χ4v) is 4.08. The third kappa shape index (κ3) is 4.05. The van der Waals surface area contributed by atoms with Gasteiger partial charge in [-0.25, -0.2) is 4.79 Å². The Hall–Kier alpha value is -2.23. The number of aromatic carboxylic acids is 1. The zero-order chi connectivity index (χ0) is 20.4. The van der Waals surface area contributed by atoms with E-state index >= 15 is 0 Å². The van der Waals surface area contributed by atoms with Crippen molar-refractivity contribution in [3.05, 3.63) is 46.6 Å². The highest BCUT2D eigenvalue weighted by molar-refractivity contribution is 5.94. The average molecular weight is 373 g/mol. The van der Waals surface area contributed by atoms with E-state index in [-0.39, 0.29) is 28.4 Å². The molecule has 1 aliphatic rings. The molecule has 4 heteroatoms. The summed E-state index contributed by atoms with van der Waals surface area (Å²) in [6.07, 6.45) is 7.13. The van der Waals surface area contributed by atoms with Gasteiger partial charge in [-0.15, -0.1) is 0 Å². The van der Waals surface area contributed by atoms with Crippen LogP contribution in [0.15, 0.2) is 29.9 Å². The molecule has 0 aliphatic heterocycles.